The van der Waals surface area contributed by atoms with Crippen molar-refractivity contribution >= 4 is 23.3 Å². The first-order chi connectivity index (χ1) is 18.4. The lowest BCUT2D eigenvalue weighted by Gasteiger charge is -2.39. The Morgan fingerprint density at radius 3 is 2.33 bits per heavy atom. The zero-order valence-electron chi connectivity index (χ0n) is 20.2. The van der Waals surface area contributed by atoms with Crippen LogP contribution in [0.4, 0.5) is 5.69 Å². The van der Waals surface area contributed by atoms with Gasteiger partial charge in [0.1, 0.15) is 53.0 Å². The van der Waals surface area contributed by atoms with Crippen molar-refractivity contribution in [2.24, 2.45) is 0 Å². The van der Waals surface area contributed by atoms with Crippen LogP contribution in [0.25, 0.3) is 0 Å². The Balaban J connectivity index is 1.78. The SMILES string of the molecule is O=C(O)/C=C/C(=O)Nc1cc(CCC(=O)c2c(O)cc(O)cc2O[C@H]2O[C@@H](CO)[C@@H](O)[C@H](O)[C@@H]2O)ccc1O. The molecule has 1 aliphatic rings. The number of ketones is 1. The van der Waals surface area contributed by atoms with Crippen molar-refractivity contribution < 1.29 is 64.7 Å². The molecule has 0 aliphatic carbocycles. The third-order valence-corrected chi connectivity index (χ3v) is 5.77. The number of anilines is 1. The first-order valence-electron chi connectivity index (χ1n) is 11.5. The predicted octanol–water partition coefficient (Wildman–Crippen LogP) is -0.623. The number of aryl methyl sites for hydroxylation is 1. The summed E-state index contributed by atoms with van der Waals surface area (Å²) in [6.07, 6.45) is -7.08. The lowest BCUT2D eigenvalue weighted by molar-refractivity contribution is -0.277. The van der Waals surface area contributed by atoms with E-state index in [2.05, 4.69) is 5.32 Å². The van der Waals surface area contributed by atoms with Crippen LogP contribution in [-0.2, 0) is 20.7 Å². The number of Topliss-reactive ketones (excluding diaryl/α,β-unsaturated/α-hetero) is 1. The molecule has 1 aliphatic heterocycles. The summed E-state index contributed by atoms with van der Waals surface area (Å²) in [7, 11) is 0. The molecule has 0 bridgehead atoms. The molecule has 0 saturated carbocycles. The number of phenolic OH excluding ortho intramolecular Hbond substituents is 3. The summed E-state index contributed by atoms with van der Waals surface area (Å²) < 4.78 is 10.7. The number of hydrogen-bond donors (Lipinski definition) is 9. The quantitative estimate of drug-likeness (QED) is 0.102. The van der Waals surface area contributed by atoms with Crippen LogP contribution in [0.15, 0.2) is 42.5 Å². The highest BCUT2D eigenvalue weighted by atomic mass is 16.7. The van der Waals surface area contributed by atoms with Gasteiger partial charge in [0, 0.05) is 30.7 Å². The Hall–Kier alpha value is -4.21. The summed E-state index contributed by atoms with van der Waals surface area (Å²) in [6, 6.07) is 5.92. The number of nitrogens with one attached hydrogen (secondary N) is 1. The van der Waals surface area contributed by atoms with Gasteiger partial charge in [0.2, 0.25) is 12.2 Å². The summed E-state index contributed by atoms with van der Waals surface area (Å²) in [5, 5.41) is 80.7. The van der Waals surface area contributed by atoms with Crippen LogP contribution in [0.1, 0.15) is 22.3 Å². The summed E-state index contributed by atoms with van der Waals surface area (Å²) in [6.45, 7) is -0.729. The first-order valence-corrected chi connectivity index (χ1v) is 11.5. The Bertz CT molecular complexity index is 1260. The largest absolute Gasteiger partial charge is 0.508 e. The molecule has 1 heterocycles. The lowest BCUT2D eigenvalue weighted by atomic mass is 9.98. The van der Waals surface area contributed by atoms with E-state index in [4.69, 9.17) is 14.6 Å². The number of hydrogen-bond acceptors (Lipinski definition) is 12. The second kappa shape index (κ2) is 12.6. The first kappa shape index (κ1) is 29.3. The second-order valence-electron chi connectivity index (χ2n) is 8.59. The van der Waals surface area contributed by atoms with Gasteiger partial charge in [0.25, 0.3) is 0 Å². The zero-order valence-corrected chi connectivity index (χ0v) is 20.2. The molecule has 14 nitrogen and oxygen atoms in total. The van der Waals surface area contributed by atoms with E-state index in [9.17, 15) is 50.1 Å². The standard InChI is InChI=1S/C25H27NO13/c27-10-18-22(35)23(36)24(37)25(39-18)38-17-9-12(28)8-16(31)21(17)15(30)4-2-11-1-3-14(29)13(7-11)26-19(32)5-6-20(33)34/h1,3,5-9,18,22-25,27-29,31,35-37H,2,4,10H2,(H,26,32)(H,33,34)/b6-5+/t18-,22+,23-,24-,25-/m0/s1. The maximum Gasteiger partial charge on any atom is 0.328 e. The Labute approximate surface area is 220 Å². The minimum absolute atomic E-state index is 0.0345. The van der Waals surface area contributed by atoms with Crippen LogP contribution >= 0.6 is 0 Å². The number of amides is 1. The minimum atomic E-state index is -1.81. The van der Waals surface area contributed by atoms with Crippen molar-refractivity contribution in [3.05, 3.63) is 53.6 Å². The third kappa shape index (κ3) is 7.22. The van der Waals surface area contributed by atoms with E-state index < -0.39 is 77.8 Å². The average molecular weight is 549 g/mol. The topological polar surface area (TPSA) is 244 Å². The van der Waals surface area contributed by atoms with Gasteiger partial charge < -0.3 is 55.6 Å². The van der Waals surface area contributed by atoms with Gasteiger partial charge in [-0.15, -0.1) is 0 Å². The third-order valence-electron chi connectivity index (χ3n) is 5.77. The van der Waals surface area contributed by atoms with Crippen molar-refractivity contribution in [3.8, 4) is 23.0 Å². The van der Waals surface area contributed by atoms with E-state index >= 15 is 0 Å². The van der Waals surface area contributed by atoms with Crippen molar-refractivity contribution in [3.63, 3.8) is 0 Å². The molecule has 3 rings (SSSR count). The maximum absolute atomic E-state index is 13.1. The number of carboxylic acid groups (broad SMARTS) is 1. The minimum Gasteiger partial charge on any atom is -0.508 e. The van der Waals surface area contributed by atoms with Crippen LogP contribution in [0, 0.1) is 0 Å². The molecule has 1 amide bonds. The summed E-state index contributed by atoms with van der Waals surface area (Å²) in [5.74, 6) is -4.73. The van der Waals surface area contributed by atoms with Crippen LogP contribution < -0.4 is 10.1 Å². The lowest BCUT2D eigenvalue weighted by Crippen LogP contribution is -2.60. The van der Waals surface area contributed by atoms with Gasteiger partial charge in [-0.2, -0.15) is 0 Å². The molecule has 9 N–H and O–H groups in total. The van der Waals surface area contributed by atoms with Crippen LogP contribution in [0.3, 0.4) is 0 Å². The molecular weight excluding hydrogens is 522 g/mol. The number of ether oxygens (including phenoxy) is 2. The fraction of sp³-hybridized carbons (Fsp3) is 0.320. The number of carbonyl (C=O) groups excluding carboxylic acids is 2. The van der Waals surface area contributed by atoms with Gasteiger partial charge in [-0.1, -0.05) is 6.07 Å². The number of carbonyl (C=O) groups is 3. The van der Waals surface area contributed by atoms with E-state index in [-0.39, 0.29) is 24.3 Å². The second-order valence-corrected chi connectivity index (χ2v) is 8.59. The molecule has 14 heteroatoms. The molecule has 0 unspecified atom stereocenters. The van der Waals surface area contributed by atoms with E-state index in [1.165, 1.54) is 18.2 Å². The normalized spacial score (nSPS) is 22.9. The smallest absolute Gasteiger partial charge is 0.328 e. The van der Waals surface area contributed by atoms with Crippen molar-refractivity contribution in [2.75, 3.05) is 11.9 Å². The highest BCUT2D eigenvalue weighted by Gasteiger charge is 2.45. The van der Waals surface area contributed by atoms with Crippen molar-refractivity contribution in [1.29, 1.82) is 0 Å². The van der Waals surface area contributed by atoms with Crippen molar-refractivity contribution in [1.82, 2.24) is 0 Å². The van der Waals surface area contributed by atoms with Crippen molar-refractivity contribution in [2.45, 2.75) is 43.5 Å². The summed E-state index contributed by atoms with van der Waals surface area (Å²) in [4.78, 5) is 35.5. The molecule has 210 valence electrons. The van der Waals surface area contributed by atoms with Gasteiger partial charge in [0.15, 0.2) is 5.78 Å². The molecule has 0 radical (unpaired) electrons. The fourth-order valence-corrected chi connectivity index (χ4v) is 3.79. The number of rotatable bonds is 10. The van der Waals surface area contributed by atoms with Gasteiger partial charge in [-0.05, 0) is 24.1 Å². The molecule has 2 aromatic carbocycles. The van der Waals surface area contributed by atoms with Gasteiger partial charge in [-0.3, -0.25) is 9.59 Å². The number of aliphatic hydroxyl groups is 4. The number of phenols is 3. The molecule has 1 saturated heterocycles. The number of benzene rings is 2. The molecule has 0 spiro atoms. The van der Waals surface area contributed by atoms with E-state index in [0.717, 1.165) is 18.2 Å². The average Bonchev–Trinajstić information content (AvgIpc) is 2.87. The molecule has 5 atom stereocenters. The summed E-state index contributed by atoms with van der Waals surface area (Å²) >= 11 is 0. The Morgan fingerprint density at radius 1 is 0.949 bits per heavy atom. The Morgan fingerprint density at radius 2 is 1.67 bits per heavy atom. The number of aliphatic carboxylic acids is 1. The van der Waals surface area contributed by atoms with Crippen LogP contribution in [-0.4, -0.2) is 95.8 Å². The molecular formula is C25H27NO13. The molecule has 1 fully saturated rings. The maximum atomic E-state index is 13.1. The summed E-state index contributed by atoms with van der Waals surface area (Å²) in [5.41, 5.74) is 0.0308. The predicted molar refractivity (Wildman–Crippen MR) is 130 cm³/mol. The van der Waals surface area contributed by atoms with Gasteiger partial charge in [0.05, 0.1) is 12.3 Å². The number of aromatic hydroxyl groups is 3. The molecule has 2 aromatic rings. The highest BCUT2D eigenvalue weighted by molar-refractivity contribution is 6.03. The highest BCUT2D eigenvalue weighted by Crippen LogP contribution is 2.36. The molecule has 39 heavy (non-hydrogen) atoms. The van der Waals surface area contributed by atoms with Crippen LogP contribution in [0.2, 0.25) is 0 Å². The fourth-order valence-electron chi connectivity index (χ4n) is 3.79. The van der Waals surface area contributed by atoms with Crippen LogP contribution in [0.5, 0.6) is 23.0 Å². The zero-order chi connectivity index (χ0) is 28.9. The Kier molecular flexibility index (Phi) is 9.45. The number of aliphatic hydroxyl groups excluding tert-OH is 4. The number of carboxylic acids is 1. The van der Waals surface area contributed by atoms with E-state index in [1.54, 1.807) is 0 Å². The van der Waals surface area contributed by atoms with Gasteiger partial charge in [-0.25, -0.2) is 4.79 Å². The molecule has 0 aromatic heterocycles. The monoisotopic (exact) mass is 549 g/mol. The van der Waals surface area contributed by atoms with Gasteiger partial charge >= 0.3 is 5.97 Å². The van der Waals surface area contributed by atoms with E-state index in [1.807, 2.05) is 0 Å². The van der Waals surface area contributed by atoms with E-state index in [0.29, 0.717) is 11.6 Å².